The van der Waals surface area contributed by atoms with Crippen LogP contribution in [0.4, 0.5) is 0 Å². The summed E-state index contributed by atoms with van der Waals surface area (Å²) in [6.45, 7) is 0. The van der Waals surface area contributed by atoms with Crippen LogP contribution in [-0.2, 0) is 4.79 Å². The van der Waals surface area contributed by atoms with Crippen LogP contribution in [0.3, 0.4) is 0 Å². The molecule has 1 N–H and O–H groups in total. The Morgan fingerprint density at radius 2 is 2.12 bits per heavy atom. The van der Waals surface area contributed by atoms with Crippen molar-refractivity contribution in [1.29, 1.82) is 0 Å². The molecular formula is C13H16O3. The zero-order valence-electron chi connectivity index (χ0n) is 9.35. The fraction of sp³-hybridized carbons (Fsp3) is 0.462. The fourth-order valence-corrected chi connectivity index (χ4v) is 2.49. The van der Waals surface area contributed by atoms with Gasteiger partial charge in [0, 0.05) is 0 Å². The van der Waals surface area contributed by atoms with Gasteiger partial charge >= 0.3 is 5.97 Å². The number of aliphatic carboxylic acids is 1. The van der Waals surface area contributed by atoms with Crippen molar-refractivity contribution >= 4 is 5.97 Å². The molecule has 0 aliphatic heterocycles. The standard InChI is InChI=1S/C13H16O3/c1-16-12-5-3-2-4-11(12)9-6-7-10(8-9)13(14)15/h2-5,9-10H,6-8H2,1H3,(H,14,15)/t9-,10-/m1/s1. The molecule has 0 spiro atoms. The zero-order chi connectivity index (χ0) is 11.5. The van der Waals surface area contributed by atoms with Gasteiger partial charge in [0.1, 0.15) is 5.75 Å². The normalized spacial score (nSPS) is 24.3. The smallest absolute Gasteiger partial charge is 0.306 e. The molecule has 0 bridgehead atoms. The molecule has 86 valence electrons. The molecule has 0 aromatic heterocycles. The molecule has 0 saturated heterocycles. The van der Waals surface area contributed by atoms with E-state index in [0.29, 0.717) is 5.92 Å². The van der Waals surface area contributed by atoms with Crippen LogP contribution in [0.1, 0.15) is 30.7 Å². The molecule has 1 saturated carbocycles. The Hall–Kier alpha value is -1.51. The summed E-state index contributed by atoms with van der Waals surface area (Å²) >= 11 is 0. The number of ether oxygens (including phenoxy) is 1. The maximum atomic E-state index is 10.9. The minimum atomic E-state index is -0.669. The Morgan fingerprint density at radius 3 is 2.75 bits per heavy atom. The average Bonchev–Trinajstić information content (AvgIpc) is 2.78. The van der Waals surface area contributed by atoms with Crippen molar-refractivity contribution < 1.29 is 14.6 Å². The Kier molecular flexibility index (Phi) is 3.13. The average molecular weight is 220 g/mol. The van der Waals surface area contributed by atoms with E-state index in [1.807, 2.05) is 24.3 Å². The molecule has 16 heavy (non-hydrogen) atoms. The summed E-state index contributed by atoms with van der Waals surface area (Å²) in [6, 6.07) is 7.88. The van der Waals surface area contributed by atoms with Gasteiger partial charge in [-0.25, -0.2) is 0 Å². The number of carboxylic acid groups (broad SMARTS) is 1. The highest BCUT2D eigenvalue weighted by Gasteiger charge is 2.31. The van der Waals surface area contributed by atoms with Gasteiger partial charge < -0.3 is 9.84 Å². The van der Waals surface area contributed by atoms with E-state index in [1.54, 1.807) is 7.11 Å². The second-order valence-electron chi connectivity index (χ2n) is 4.29. The monoisotopic (exact) mass is 220 g/mol. The third-order valence-corrected chi connectivity index (χ3v) is 3.36. The molecule has 2 atom stereocenters. The summed E-state index contributed by atoms with van der Waals surface area (Å²) in [7, 11) is 1.66. The lowest BCUT2D eigenvalue weighted by molar-refractivity contribution is -0.141. The third-order valence-electron chi connectivity index (χ3n) is 3.36. The van der Waals surface area contributed by atoms with E-state index in [1.165, 1.54) is 0 Å². The highest BCUT2D eigenvalue weighted by molar-refractivity contribution is 5.70. The van der Waals surface area contributed by atoms with Crippen LogP contribution in [0, 0.1) is 5.92 Å². The van der Waals surface area contributed by atoms with Gasteiger partial charge in [0.25, 0.3) is 0 Å². The van der Waals surface area contributed by atoms with E-state index in [-0.39, 0.29) is 5.92 Å². The number of para-hydroxylation sites is 1. The predicted octanol–water partition coefficient (Wildman–Crippen LogP) is 2.66. The van der Waals surface area contributed by atoms with Gasteiger partial charge in [0.2, 0.25) is 0 Å². The van der Waals surface area contributed by atoms with Gasteiger partial charge in [-0.2, -0.15) is 0 Å². The molecule has 0 amide bonds. The molecule has 0 heterocycles. The van der Waals surface area contributed by atoms with Crippen molar-refractivity contribution in [2.45, 2.75) is 25.2 Å². The van der Waals surface area contributed by atoms with Crippen LogP contribution in [-0.4, -0.2) is 18.2 Å². The molecule has 0 unspecified atom stereocenters. The van der Waals surface area contributed by atoms with Crippen molar-refractivity contribution in [2.75, 3.05) is 7.11 Å². The van der Waals surface area contributed by atoms with Crippen LogP contribution in [0.5, 0.6) is 5.75 Å². The van der Waals surface area contributed by atoms with E-state index < -0.39 is 5.97 Å². The second kappa shape index (κ2) is 4.56. The number of hydrogen-bond donors (Lipinski definition) is 1. The molecule has 2 rings (SSSR count). The highest BCUT2D eigenvalue weighted by Crippen LogP contribution is 2.41. The second-order valence-corrected chi connectivity index (χ2v) is 4.29. The lowest BCUT2D eigenvalue weighted by atomic mass is 9.95. The van der Waals surface area contributed by atoms with Crippen LogP contribution >= 0.6 is 0 Å². The molecule has 1 fully saturated rings. The van der Waals surface area contributed by atoms with Gasteiger partial charge in [0.05, 0.1) is 13.0 Å². The largest absolute Gasteiger partial charge is 0.496 e. The summed E-state index contributed by atoms with van der Waals surface area (Å²) in [6.07, 6.45) is 2.45. The molecule has 3 nitrogen and oxygen atoms in total. The van der Waals surface area contributed by atoms with E-state index in [0.717, 1.165) is 30.6 Å². The minimum Gasteiger partial charge on any atom is -0.496 e. The quantitative estimate of drug-likeness (QED) is 0.851. The fourth-order valence-electron chi connectivity index (χ4n) is 2.49. The molecule has 3 heteroatoms. The number of hydrogen-bond acceptors (Lipinski definition) is 2. The van der Waals surface area contributed by atoms with Gasteiger partial charge in [-0.05, 0) is 36.8 Å². The number of rotatable bonds is 3. The minimum absolute atomic E-state index is 0.185. The van der Waals surface area contributed by atoms with Gasteiger partial charge in [-0.3, -0.25) is 4.79 Å². The number of benzene rings is 1. The first-order chi connectivity index (χ1) is 7.72. The van der Waals surface area contributed by atoms with Crippen LogP contribution < -0.4 is 4.74 Å². The predicted molar refractivity (Wildman–Crippen MR) is 60.7 cm³/mol. The molecular weight excluding hydrogens is 204 g/mol. The Bertz CT molecular complexity index is 387. The zero-order valence-corrected chi connectivity index (χ0v) is 9.35. The SMILES string of the molecule is COc1ccccc1[C@@H]1CC[C@@H](C(=O)O)C1. The van der Waals surface area contributed by atoms with E-state index in [4.69, 9.17) is 9.84 Å². The Balaban J connectivity index is 2.17. The van der Waals surface area contributed by atoms with Crippen molar-refractivity contribution in [3.63, 3.8) is 0 Å². The first kappa shape index (κ1) is 11.0. The Labute approximate surface area is 95.0 Å². The van der Waals surface area contributed by atoms with E-state index in [2.05, 4.69) is 0 Å². The summed E-state index contributed by atoms with van der Waals surface area (Å²) < 4.78 is 5.31. The van der Waals surface area contributed by atoms with Gasteiger partial charge in [-0.15, -0.1) is 0 Å². The molecule has 1 aromatic carbocycles. The Morgan fingerprint density at radius 1 is 1.38 bits per heavy atom. The topological polar surface area (TPSA) is 46.5 Å². The third kappa shape index (κ3) is 2.03. The first-order valence-electron chi connectivity index (χ1n) is 5.58. The van der Waals surface area contributed by atoms with Gasteiger partial charge in [-0.1, -0.05) is 18.2 Å². The summed E-state index contributed by atoms with van der Waals surface area (Å²) in [5.41, 5.74) is 1.15. The van der Waals surface area contributed by atoms with Crippen LogP contribution in [0.15, 0.2) is 24.3 Å². The number of carboxylic acids is 1. The van der Waals surface area contributed by atoms with Crippen molar-refractivity contribution in [3.05, 3.63) is 29.8 Å². The lowest BCUT2D eigenvalue weighted by Gasteiger charge is -2.14. The summed E-state index contributed by atoms with van der Waals surface area (Å²) in [5, 5.41) is 8.97. The van der Waals surface area contributed by atoms with E-state index >= 15 is 0 Å². The van der Waals surface area contributed by atoms with E-state index in [9.17, 15) is 4.79 Å². The summed E-state index contributed by atoms with van der Waals surface area (Å²) in [4.78, 5) is 10.9. The molecule has 1 aliphatic rings. The van der Waals surface area contributed by atoms with Crippen molar-refractivity contribution in [2.24, 2.45) is 5.92 Å². The van der Waals surface area contributed by atoms with Crippen molar-refractivity contribution in [1.82, 2.24) is 0 Å². The summed E-state index contributed by atoms with van der Waals surface area (Å²) in [5.74, 6) is 0.350. The van der Waals surface area contributed by atoms with Crippen LogP contribution in [0.2, 0.25) is 0 Å². The molecule has 1 aromatic rings. The lowest BCUT2D eigenvalue weighted by Crippen LogP contribution is -2.09. The number of carbonyl (C=O) groups is 1. The maximum Gasteiger partial charge on any atom is 0.306 e. The van der Waals surface area contributed by atoms with Gasteiger partial charge in [0.15, 0.2) is 0 Å². The first-order valence-corrected chi connectivity index (χ1v) is 5.58. The maximum absolute atomic E-state index is 10.9. The van der Waals surface area contributed by atoms with Crippen LogP contribution in [0.25, 0.3) is 0 Å². The number of methoxy groups -OCH3 is 1. The molecule has 0 radical (unpaired) electrons. The highest BCUT2D eigenvalue weighted by atomic mass is 16.5. The molecule has 1 aliphatic carbocycles. The van der Waals surface area contributed by atoms with Crippen molar-refractivity contribution in [3.8, 4) is 5.75 Å².